The second kappa shape index (κ2) is 10.8. The number of amides is 1. The van der Waals surface area contributed by atoms with E-state index in [9.17, 15) is 14.0 Å². The first kappa shape index (κ1) is 26.4. The lowest BCUT2D eigenvalue weighted by Crippen LogP contribution is -2.21. The van der Waals surface area contributed by atoms with Gasteiger partial charge in [-0.15, -0.1) is 0 Å². The van der Waals surface area contributed by atoms with Gasteiger partial charge in [0.15, 0.2) is 5.83 Å². The predicted octanol–water partition coefficient (Wildman–Crippen LogP) is 6.16. The van der Waals surface area contributed by atoms with Gasteiger partial charge in [0.1, 0.15) is 16.6 Å². The molecule has 2 heterocycles. The Balaban J connectivity index is 1.74. The first-order valence-electron chi connectivity index (χ1n) is 11.3. The first-order valence-corrected chi connectivity index (χ1v) is 12.1. The van der Waals surface area contributed by atoms with Crippen molar-refractivity contribution < 1.29 is 13.6 Å². The van der Waals surface area contributed by atoms with Gasteiger partial charge in [-0.05, 0) is 67.5 Å². The first-order chi connectivity index (χ1) is 17.6. The third-order valence-electron chi connectivity index (χ3n) is 6.09. The molecule has 1 aromatic carbocycles. The van der Waals surface area contributed by atoms with Crippen molar-refractivity contribution in [2.24, 2.45) is 10.7 Å². The number of aliphatic imine (C=N–C) groups is 1. The summed E-state index contributed by atoms with van der Waals surface area (Å²) in [4.78, 5) is 32.8. The highest BCUT2D eigenvalue weighted by atomic mass is 35.5. The molecule has 37 heavy (non-hydrogen) atoms. The Morgan fingerprint density at radius 3 is 2.62 bits per heavy atom. The maximum Gasteiger partial charge on any atom is 0.273 e. The summed E-state index contributed by atoms with van der Waals surface area (Å²) in [6.07, 6.45) is 7.73. The Labute approximate surface area is 221 Å². The van der Waals surface area contributed by atoms with Gasteiger partial charge in [0, 0.05) is 29.9 Å². The number of rotatable bonds is 7. The molecule has 4 rings (SSSR count). The lowest BCUT2D eigenvalue weighted by Gasteiger charge is -2.12. The van der Waals surface area contributed by atoms with Crippen molar-refractivity contribution in [2.45, 2.75) is 32.1 Å². The van der Waals surface area contributed by atoms with Gasteiger partial charge >= 0.3 is 0 Å². The molecule has 2 N–H and O–H groups in total. The molecular formula is C27H22Cl2F2N4O2. The Morgan fingerprint density at radius 2 is 1.95 bits per heavy atom. The van der Waals surface area contributed by atoms with Crippen LogP contribution in [0, 0.1) is 12.7 Å². The molecule has 3 aromatic rings. The normalized spacial score (nSPS) is 17.9. The van der Waals surface area contributed by atoms with E-state index in [1.807, 2.05) is 6.07 Å². The van der Waals surface area contributed by atoms with Gasteiger partial charge in [-0.3, -0.25) is 24.1 Å². The molecule has 10 heteroatoms. The Bertz CT molecular complexity index is 1550. The Morgan fingerprint density at radius 1 is 1.22 bits per heavy atom. The van der Waals surface area contributed by atoms with Crippen molar-refractivity contribution in [3.63, 3.8) is 0 Å². The Kier molecular flexibility index (Phi) is 7.71. The summed E-state index contributed by atoms with van der Waals surface area (Å²) in [6.45, 7) is 3.29. The minimum Gasteiger partial charge on any atom is -0.366 e. The van der Waals surface area contributed by atoms with Gasteiger partial charge in [0.05, 0.1) is 16.8 Å². The number of benzene rings is 1. The van der Waals surface area contributed by atoms with Crippen LogP contribution in [0.15, 0.2) is 70.6 Å². The van der Waals surface area contributed by atoms with Gasteiger partial charge in [0.2, 0.25) is 0 Å². The van der Waals surface area contributed by atoms with Gasteiger partial charge < -0.3 is 5.73 Å². The number of pyridine rings is 2. The van der Waals surface area contributed by atoms with Crippen molar-refractivity contribution >= 4 is 41.0 Å². The van der Waals surface area contributed by atoms with Crippen LogP contribution in [0.4, 0.5) is 8.78 Å². The van der Waals surface area contributed by atoms with Crippen molar-refractivity contribution in [1.29, 1.82) is 0 Å². The van der Waals surface area contributed by atoms with Crippen LogP contribution in [-0.2, 0) is 0 Å². The maximum atomic E-state index is 15.6. The standard InChI is InChI=1S/C27H22Cl2F2N4O2/c1-3-7-34-25(17-5-4-6-18(24(17)31)26(32)36)22(30)13-35-14(2)8-21(23(29)27(35)37)20-10-19(20)15-9-16(28)12-33-11-15/h3-9,11-13,19-20H,10H2,1-2H3,(H2,32,36)/b7-3+,22-13-,34-25+. The van der Waals surface area contributed by atoms with E-state index in [2.05, 4.69) is 9.98 Å². The van der Waals surface area contributed by atoms with Gasteiger partial charge in [-0.1, -0.05) is 35.3 Å². The molecule has 2 atom stereocenters. The summed E-state index contributed by atoms with van der Waals surface area (Å²) in [6, 6.07) is 7.38. The van der Waals surface area contributed by atoms with Crippen LogP contribution >= 0.6 is 23.2 Å². The van der Waals surface area contributed by atoms with E-state index in [4.69, 9.17) is 28.9 Å². The number of nitrogens with zero attached hydrogens (tertiary/aromatic N) is 3. The molecule has 0 spiro atoms. The zero-order valence-corrected chi connectivity index (χ0v) is 21.4. The highest BCUT2D eigenvalue weighted by molar-refractivity contribution is 6.31. The highest BCUT2D eigenvalue weighted by Gasteiger charge is 2.41. The van der Waals surface area contributed by atoms with Crippen molar-refractivity contribution in [1.82, 2.24) is 9.55 Å². The molecule has 1 aliphatic rings. The van der Waals surface area contributed by atoms with Crippen LogP contribution in [-0.4, -0.2) is 21.2 Å². The van der Waals surface area contributed by atoms with Crippen molar-refractivity contribution in [2.75, 3.05) is 0 Å². The number of aromatic nitrogens is 2. The molecule has 1 aliphatic carbocycles. The fourth-order valence-electron chi connectivity index (χ4n) is 4.20. The van der Waals surface area contributed by atoms with Crippen LogP contribution in [0.5, 0.6) is 0 Å². The van der Waals surface area contributed by atoms with Gasteiger partial charge in [0.25, 0.3) is 11.5 Å². The number of primary amides is 1. The summed E-state index contributed by atoms with van der Waals surface area (Å²) in [5, 5.41) is 0.487. The fraction of sp³-hybridized carbons (Fsp3) is 0.185. The number of carbonyl (C=O) groups excluding carboxylic acids is 1. The van der Waals surface area contributed by atoms with Gasteiger partial charge in [-0.2, -0.15) is 0 Å². The van der Waals surface area contributed by atoms with Crippen molar-refractivity contribution in [3.05, 3.63) is 115 Å². The maximum absolute atomic E-state index is 15.6. The van der Waals surface area contributed by atoms with E-state index in [-0.39, 0.29) is 22.4 Å². The zero-order chi connectivity index (χ0) is 26.9. The molecule has 0 radical (unpaired) electrons. The van der Waals surface area contributed by atoms with Gasteiger partial charge in [-0.25, -0.2) is 8.78 Å². The van der Waals surface area contributed by atoms with E-state index in [0.717, 1.165) is 22.8 Å². The minimum absolute atomic E-state index is 0.0000865. The second-order valence-electron chi connectivity index (χ2n) is 8.58. The number of allylic oxidation sites excluding steroid dienone is 2. The monoisotopic (exact) mass is 542 g/mol. The molecule has 0 bridgehead atoms. The topological polar surface area (TPSA) is 90.3 Å². The molecule has 1 fully saturated rings. The lowest BCUT2D eigenvalue weighted by molar-refractivity contribution is 0.0996. The molecule has 1 saturated carbocycles. The van der Waals surface area contributed by atoms with E-state index in [0.29, 0.717) is 16.3 Å². The summed E-state index contributed by atoms with van der Waals surface area (Å²) < 4.78 is 31.6. The number of halogens is 4. The molecule has 0 saturated heterocycles. The number of carbonyl (C=O) groups is 1. The fourth-order valence-corrected chi connectivity index (χ4v) is 4.67. The number of aryl methyl sites for hydroxylation is 1. The summed E-state index contributed by atoms with van der Waals surface area (Å²) in [7, 11) is 0. The van der Waals surface area contributed by atoms with E-state index in [1.54, 1.807) is 32.3 Å². The van der Waals surface area contributed by atoms with E-state index in [1.165, 1.54) is 30.5 Å². The number of hydrogen-bond acceptors (Lipinski definition) is 4. The molecule has 2 aromatic heterocycles. The largest absolute Gasteiger partial charge is 0.366 e. The second-order valence-corrected chi connectivity index (χ2v) is 9.40. The third kappa shape index (κ3) is 5.40. The van der Waals surface area contributed by atoms with E-state index >= 15 is 4.39 Å². The molecule has 1 amide bonds. The lowest BCUT2D eigenvalue weighted by atomic mass is 10.0. The summed E-state index contributed by atoms with van der Waals surface area (Å²) in [5.41, 5.74) is 5.52. The van der Waals surface area contributed by atoms with Crippen LogP contribution < -0.4 is 11.3 Å². The van der Waals surface area contributed by atoms with E-state index < -0.39 is 34.4 Å². The minimum atomic E-state index is -1.02. The number of hydrogen-bond donors (Lipinski definition) is 1. The number of nitrogens with two attached hydrogens (primary N) is 1. The molecule has 0 aliphatic heterocycles. The summed E-state index contributed by atoms with van der Waals surface area (Å²) >= 11 is 12.5. The van der Waals surface area contributed by atoms with Crippen LogP contribution in [0.2, 0.25) is 10.0 Å². The molecule has 6 nitrogen and oxygen atoms in total. The molecule has 2 unspecified atom stereocenters. The summed E-state index contributed by atoms with van der Waals surface area (Å²) in [5.74, 6) is -2.92. The average molecular weight is 543 g/mol. The third-order valence-corrected chi connectivity index (χ3v) is 6.68. The highest BCUT2D eigenvalue weighted by Crippen LogP contribution is 2.55. The predicted molar refractivity (Wildman–Crippen MR) is 141 cm³/mol. The average Bonchev–Trinajstić information content (AvgIpc) is 3.66. The molecule has 190 valence electrons. The zero-order valence-electron chi connectivity index (χ0n) is 19.9. The van der Waals surface area contributed by atoms with Crippen LogP contribution in [0.1, 0.15) is 57.9 Å². The molecular weight excluding hydrogens is 521 g/mol. The smallest absolute Gasteiger partial charge is 0.273 e. The SMILES string of the molecule is C/C=C/N=C(/C(F)=C/n1c(C)cc(C2CC2c2cncc(Cl)c2)c(Cl)c1=O)c1cccc(C(N)=O)c1F. The van der Waals surface area contributed by atoms with Crippen LogP contribution in [0.3, 0.4) is 0 Å². The van der Waals surface area contributed by atoms with Crippen LogP contribution in [0.25, 0.3) is 6.20 Å². The Hall–Kier alpha value is -3.62. The quantitative estimate of drug-likeness (QED) is 0.362. The van der Waals surface area contributed by atoms with Crippen molar-refractivity contribution in [3.8, 4) is 0 Å².